The van der Waals surface area contributed by atoms with Gasteiger partial charge < -0.3 is 16.0 Å². The average Bonchev–Trinajstić information content (AvgIpc) is 2.90. The van der Waals surface area contributed by atoms with Gasteiger partial charge in [0.05, 0.1) is 10.2 Å². The second-order valence-corrected chi connectivity index (χ2v) is 7.07. The number of benzene rings is 1. The molecule has 0 aromatic heterocycles. The number of nitrogens with zero attached hydrogens (tertiary/aromatic N) is 1. The number of likely N-dealkylation sites (N-methyl/N-ethyl adjacent to an activating group) is 1. The van der Waals surface area contributed by atoms with Crippen molar-refractivity contribution in [1.82, 2.24) is 4.90 Å². The standard InChI is InChI=1S/C15H21BrFN3S/c1-20(2)15(7-3-4-8-15)9-19-11-6-5-10(14(18)21)12(16)13(11)17/h5-6,19H,3-4,7-9H2,1-2H3,(H2,18,21). The highest BCUT2D eigenvalue weighted by molar-refractivity contribution is 9.10. The van der Waals surface area contributed by atoms with E-state index in [9.17, 15) is 4.39 Å². The molecule has 0 atom stereocenters. The number of anilines is 1. The Labute approximate surface area is 139 Å². The van der Waals surface area contributed by atoms with E-state index < -0.39 is 0 Å². The lowest BCUT2D eigenvalue weighted by molar-refractivity contribution is 0.172. The first-order chi connectivity index (χ1) is 9.87. The van der Waals surface area contributed by atoms with Crippen molar-refractivity contribution in [2.24, 2.45) is 5.73 Å². The first-order valence-corrected chi connectivity index (χ1v) is 8.26. The maximum atomic E-state index is 14.4. The van der Waals surface area contributed by atoms with E-state index in [1.54, 1.807) is 12.1 Å². The van der Waals surface area contributed by atoms with Gasteiger partial charge in [0, 0.05) is 17.6 Å². The number of nitrogens with two attached hydrogens (primary N) is 1. The lowest BCUT2D eigenvalue weighted by Gasteiger charge is -2.37. The predicted molar refractivity (Wildman–Crippen MR) is 93.4 cm³/mol. The Morgan fingerprint density at radius 2 is 2.05 bits per heavy atom. The quantitative estimate of drug-likeness (QED) is 0.774. The van der Waals surface area contributed by atoms with Gasteiger partial charge in [-0.05, 0) is 55.0 Å². The molecule has 0 radical (unpaired) electrons. The topological polar surface area (TPSA) is 41.3 Å². The normalized spacial score (nSPS) is 17.2. The Morgan fingerprint density at radius 1 is 1.43 bits per heavy atom. The molecule has 1 aromatic rings. The summed E-state index contributed by atoms with van der Waals surface area (Å²) in [7, 11) is 4.18. The Hall–Kier alpha value is -0.720. The summed E-state index contributed by atoms with van der Waals surface area (Å²) in [4.78, 5) is 2.44. The van der Waals surface area contributed by atoms with Crippen molar-refractivity contribution in [1.29, 1.82) is 0 Å². The summed E-state index contributed by atoms with van der Waals surface area (Å²) < 4.78 is 14.7. The van der Waals surface area contributed by atoms with E-state index >= 15 is 0 Å². The van der Waals surface area contributed by atoms with Crippen LogP contribution in [0.3, 0.4) is 0 Å². The van der Waals surface area contributed by atoms with Crippen molar-refractivity contribution >= 4 is 38.8 Å². The molecule has 1 saturated carbocycles. The van der Waals surface area contributed by atoms with E-state index in [1.165, 1.54) is 12.8 Å². The minimum atomic E-state index is -0.341. The van der Waals surface area contributed by atoms with E-state index in [-0.39, 0.29) is 16.3 Å². The van der Waals surface area contributed by atoms with Crippen LogP contribution in [0.15, 0.2) is 16.6 Å². The Balaban J connectivity index is 2.17. The lowest BCUT2D eigenvalue weighted by Crippen LogP contribution is -2.47. The minimum absolute atomic E-state index is 0.112. The Kier molecular flexibility index (Phi) is 5.22. The minimum Gasteiger partial charge on any atom is -0.389 e. The second-order valence-electron chi connectivity index (χ2n) is 5.83. The van der Waals surface area contributed by atoms with Gasteiger partial charge >= 0.3 is 0 Å². The van der Waals surface area contributed by atoms with Crippen LogP contribution in [-0.4, -0.2) is 36.1 Å². The van der Waals surface area contributed by atoms with Crippen LogP contribution in [0, 0.1) is 5.82 Å². The highest BCUT2D eigenvalue weighted by Crippen LogP contribution is 2.35. The van der Waals surface area contributed by atoms with E-state index in [2.05, 4.69) is 40.2 Å². The summed E-state index contributed by atoms with van der Waals surface area (Å²) >= 11 is 8.14. The maximum absolute atomic E-state index is 14.4. The van der Waals surface area contributed by atoms with E-state index in [1.807, 2.05) is 0 Å². The average molecular weight is 374 g/mol. The van der Waals surface area contributed by atoms with Crippen molar-refractivity contribution in [3.8, 4) is 0 Å². The van der Waals surface area contributed by atoms with Crippen LogP contribution in [0.1, 0.15) is 31.2 Å². The molecule has 0 unspecified atom stereocenters. The van der Waals surface area contributed by atoms with Crippen LogP contribution < -0.4 is 11.1 Å². The largest absolute Gasteiger partial charge is 0.389 e. The van der Waals surface area contributed by atoms with Crippen LogP contribution in [0.25, 0.3) is 0 Å². The van der Waals surface area contributed by atoms with Crippen molar-refractivity contribution in [2.75, 3.05) is 26.0 Å². The monoisotopic (exact) mass is 373 g/mol. The Morgan fingerprint density at radius 3 is 2.57 bits per heavy atom. The predicted octanol–water partition coefficient (Wildman–Crippen LogP) is 3.51. The van der Waals surface area contributed by atoms with Crippen molar-refractivity contribution in [2.45, 2.75) is 31.2 Å². The number of nitrogens with one attached hydrogen (secondary N) is 1. The number of thiocarbonyl (C=S) groups is 1. The summed E-state index contributed by atoms with van der Waals surface area (Å²) in [5.74, 6) is -0.341. The third-order valence-corrected chi connectivity index (χ3v) is 5.43. The molecule has 3 nitrogen and oxygen atoms in total. The molecule has 0 amide bonds. The molecule has 0 bridgehead atoms. The van der Waals surface area contributed by atoms with E-state index in [4.69, 9.17) is 18.0 Å². The fourth-order valence-electron chi connectivity index (χ4n) is 2.95. The summed E-state index contributed by atoms with van der Waals surface area (Å²) in [6.45, 7) is 0.732. The molecule has 1 aliphatic carbocycles. The molecule has 0 saturated heterocycles. The zero-order valence-corrected chi connectivity index (χ0v) is 14.8. The summed E-state index contributed by atoms with van der Waals surface area (Å²) in [5.41, 5.74) is 6.69. The fraction of sp³-hybridized carbons (Fsp3) is 0.533. The zero-order valence-electron chi connectivity index (χ0n) is 12.4. The maximum Gasteiger partial charge on any atom is 0.161 e. The third kappa shape index (κ3) is 3.38. The smallest absolute Gasteiger partial charge is 0.161 e. The van der Waals surface area contributed by atoms with Crippen molar-refractivity contribution < 1.29 is 4.39 Å². The van der Waals surface area contributed by atoms with Crippen LogP contribution in [0.4, 0.5) is 10.1 Å². The first-order valence-electron chi connectivity index (χ1n) is 7.06. The molecule has 0 aliphatic heterocycles. The van der Waals surface area contributed by atoms with Crippen molar-refractivity contribution in [3.05, 3.63) is 28.0 Å². The van der Waals surface area contributed by atoms with Crippen LogP contribution in [-0.2, 0) is 0 Å². The zero-order chi connectivity index (χ0) is 15.6. The van der Waals surface area contributed by atoms with Crippen molar-refractivity contribution in [3.63, 3.8) is 0 Å². The molecule has 1 fully saturated rings. The summed E-state index contributed by atoms with van der Waals surface area (Å²) in [5, 5.41) is 3.25. The molecular weight excluding hydrogens is 353 g/mol. The molecule has 0 heterocycles. The molecule has 1 aromatic carbocycles. The highest BCUT2D eigenvalue weighted by atomic mass is 79.9. The molecule has 3 N–H and O–H groups in total. The molecule has 1 aliphatic rings. The molecule has 21 heavy (non-hydrogen) atoms. The van der Waals surface area contributed by atoms with Gasteiger partial charge in [-0.3, -0.25) is 0 Å². The second kappa shape index (κ2) is 6.58. The van der Waals surface area contributed by atoms with Gasteiger partial charge in [0.25, 0.3) is 0 Å². The van der Waals surface area contributed by atoms with Crippen LogP contribution in [0.2, 0.25) is 0 Å². The number of rotatable bonds is 5. The molecule has 0 spiro atoms. The molecular formula is C15H21BrFN3S. The molecule has 116 valence electrons. The first kappa shape index (κ1) is 16.6. The fourth-order valence-corrected chi connectivity index (χ4v) is 3.81. The van der Waals surface area contributed by atoms with Crippen LogP contribution in [0.5, 0.6) is 0 Å². The number of hydrogen-bond acceptors (Lipinski definition) is 3. The van der Waals surface area contributed by atoms with Gasteiger partial charge in [-0.1, -0.05) is 25.1 Å². The van der Waals surface area contributed by atoms with Crippen LogP contribution >= 0.6 is 28.1 Å². The third-order valence-electron chi connectivity index (χ3n) is 4.44. The van der Waals surface area contributed by atoms with Gasteiger partial charge in [0.15, 0.2) is 5.82 Å². The lowest BCUT2D eigenvalue weighted by atomic mass is 9.96. The van der Waals surface area contributed by atoms with E-state index in [0.717, 1.165) is 19.4 Å². The Bertz CT molecular complexity index is 542. The van der Waals surface area contributed by atoms with Gasteiger partial charge in [0.1, 0.15) is 4.99 Å². The summed E-state index contributed by atoms with van der Waals surface area (Å²) in [6.07, 6.45) is 4.74. The molecule has 6 heteroatoms. The summed E-state index contributed by atoms with van der Waals surface area (Å²) in [6, 6.07) is 3.45. The van der Waals surface area contributed by atoms with Gasteiger partial charge in [-0.2, -0.15) is 0 Å². The SMILES string of the molecule is CN(C)C1(CNc2ccc(C(N)=S)c(Br)c2F)CCCC1. The number of halogens is 2. The van der Waals surface area contributed by atoms with Gasteiger partial charge in [0.2, 0.25) is 0 Å². The van der Waals surface area contributed by atoms with Gasteiger partial charge in [-0.15, -0.1) is 0 Å². The highest BCUT2D eigenvalue weighted by Gasteiger charge is 2.35. The van der Waals surface area contributed by atoms with Gasteiger partial charge in [-0.25, -0.2) is 4.39 Å². The molecule has 2 rings (SSSR count). The van der Waals surface area contributed by atoms with E-state index in [0.29, 0.717) is 15.7 Å². The number of hydrogen-bond donors (Lipinski definition) is 2.